The van der Waals surface area contributed by atoms with Crippen LogP contribution in [0, 0.1) is 0 Å². The second-order valence-corrected chi connectivity index (χ2v) is 5.39. The Labute approximate surface area is 118 Å². The molecule has 2 unspecified atom stereocenters. The third kappa shape index (κ3) is 3.14. The molecule has 0 spiro atoms. The average Bonchev–Trinajstić information content (AvgIpc) is 3.11. The maximum atomic E-state index is 4.00. The first-order valence-corrected chi connectivity index (χ1v) is 7.15. The first-order chi connectivity index (χ1) is 9.81. The van der Waals surface area contributed by atoms with Gasteiger partial charge in [-0.25, -0.2) is 0 Å². The molecule has 0 bridgehead atoms. The highest BCUT2D eigenvalue weighted by atomic mass is 15.5. The molecule has 6 heteroatoms. The summed E-state index contributed by atoms with van der Waals surface area (Å²) in [5.74, 6) is 0.624. The fourth-order valence-corrected chi connectivity index (χ4v) is 2.76. The van der Waals surface area contributed by atoms with Gasteiger partial charge in [-0.15, -0.1) is 10.2 Å². The largest absolute Gasteiger partial charge is 0.383 e. The van der Waals surface area contributed by atoms with Gasteiger partial charge in [0, 0.05) is 23.3 Å². The molecule has 3 rings (SSSR count). The van der Waals surface area contributed by atoms with Crippen LogP contribution in [-0.2, 0) is 0 Å². The summed E-state index contributed by atoms with van der Waals surface area (Å²) in [7, 11) is 0. The molecule has 0 aliphatic carbocycles. The van der Waals surface area contributed by atoms with Crippen molar-refractivity contribution >= 4 is 5.69 Å². The Morgan fingerprint density at radius 2 is 2.40 bits per heavy atom. The second kappa shape index (κ2) is 6.00. The number of rotatable bonds is 5. The molecule has 1 aliphatic rings. The van der Waals surface area contributed by atoms with E-state index in [-0.39, 0.29) is 0 Å². The Morgan fingerprint density at radius 3 is 3.15 bits per heavy atom. The van der Waals surface area contributed by atoms with Gasteiger partial charge in [0.05, 0.1) is 0 Å². The van der Waals surface area contributed by atoms with Crippen molar-refractivity contribution < 1.29 is 0 Å². The Balaban J connectivity index is 1.63. The minimum Gasteiger partial charge on any atom is -0.383 e. The summed E-state index contributed by atoms with van der Waals surface area (Å²) in [5.41, 5.74) is 2.06. The van der Waals surface area contributed by atoms with Crippen molar-refractivity contribution in [2.75, 3.05) is 11.9 Å². The summed E-state index contributed by atoms with van der Waals surface area (Å²) in [6.45, 7) is 3.38. The number of aromatic nitrogens is 4. The zero-order chi connectivity index (χ0) is 13.8. The molecule has 20 heavy (non-hydrogen) atoms. The van der Waals surface area contributed by atoms with Crippen molar-refractivity contribution in [3.05, 3.63) is 24.3 Å². The maximum Gasteiger partial charge on any atom is 0.204 e. The van der Waals surface area contributed by atoms with Crippen LogP contribution in [0.1, 0.15) is 26.2 Å². The Kier molecular flexibility index (Phi) is 3.92. The smallest absolute Gasteiger partial charge is 0.204 e. The molecular weight excluding hydrogens is 252 g/mol. The third-order valence-corrected chi connectivity index (χ3v) is 3.68. The van der Waals surface area contributed by atoms with Crippen LogP contribution in [0.4, 0.5) is 5.69 Å². The summed E-state index contributed by atoms with van der Waals surface area (Å²) < 4.78 is 0. The lowest BCUT2D eigenvalue weighted by molar-refractivity contribution is 0.523. The van der Waals surface area contributed by atoms with Gasteiger partial charge in [-0.05, 0) is 50.1 Å². The van der Waals surface area contributed by atoms with Crippen LogP contribution in [-0.4, -0.2) is 39.3 Å². The predicted molar refractivity (Wildman–Crippen MR) is 78.3 cm³/mol. The average molecular weight is 272 g/mol. The Bertz CT molecular complexity index is 532. The molecule has 6 nitrogen and oxygen atoms in total. The van der Waals surface area contributed by atoms with Crippen LogP contribution in [0.25, 0.3) is 11.4 Å². The number of aromatic amines is 1. The van der Waals surface area contributed by atoms with Gasteiger partial charge in [0.1, 0.15) is 0 Å². The summed E-state index contributed by atoms with van der Waals surface area (Å²) >= 11 is 0. The van der Waals surface area contributed by atoms with Crippen LogP contribution < -0.4 is 10.6 Å². The molecule has 1 saturated heterocycles. The van der Waals surface area contributed by atoms with E-state index in [0.29, 0.717) is 17.9 Å². The van der Waals surface area contributed by atoms with Crippen molar-refractivity contribution in [2.24, 2.45) is 0 Å². The van der Waals surface area contributed by atoms with Crippen LogP contribution in [0.3, 0.4) is 0 Å². The number of tetrazole rings is 1. The van der Waals surface area contributed by atoms with Crippen LogP contribution in [0.2, 0.25) is 0 Å². The Morgan fingerprint density at radius 1 is 1.45 bits per heavy atom. The fraction of sp³-hybridized carbons (Fsp3) is 0.500. The van der Waals surface area contributed by atoms with Gasteiger partial charge in [-0.3, -0.25) is 0 Å². The number of nitrogens with one attached hydrogen (secondary N) is 3. The molecule has 2 aromatic rings. The second-order valence-electron chi connectivity index (χ2n) is 5.39. The van der Waals surface area contributed by atoms with E-state index < -0.39 is 0 Å². The minimum absolute atomic E-state index is 0.436. The van der Waals surface area contributed by atoms with Gasteiger partial charge in [0.2, 0.25) is 5.82 Å². The van der Waals surface area contributed by atoms with Crippen LogP contribution in [0.15, 0.2) is 24.3 Å². The fourth-order valence-electron chi connectivity index (χ4n) is 2.76. The highest BCUT2D eigenvalue weighted by Crippen LogP contribution is 2.20. The number of hydrogen-bond donors (Lipinski definition) is 3. The van der Waals surface area contributed by atoms with Gasteiger partial charge >= 0.3 is 0 Å². The number of H-pyrrole nitrogens is 1. The summed E-state index contributed by atoms with van der Waals surface area (Å²) in [6.07, 6.45) is 3.73. The normalized spacial score (nSPS) is 19.9. The van der Waals surface area contributed by atoms with Crippen molar-refractivity contribution in [1.82, 2.24) is 25.9 Å². The third-order valence-electron chi connectivity index (χ3n) is 3.68. The number of nitrogens with zero attached hydrogens (tertiary/aromatic N) is 3. The van der Waals surface area contributed by atoms with Gasteiger partial charge < -0.3 is 10.6 Å². The van der Waals surface area contributed by atoms with E-state index >= 15 is 0 Å². The molecule has 1 aromatic carbocycles. The summed E-state index contributed by atoms with van der Waals surface area (Å²) in [4.78, 5) is 0. The van der Waals surface area contributed by atoms with E-state index in [1.165, 1.54) is 12.8 Å². The predicted octanol–water partition coefficient (Wildman–Crippen LogP) is 1.81. The van der Waals surface area contributed by atoms with Gasteiger partial charge in [0.15, 0.2) is 0 Å². The first-order valence-electron chi connectivity index (χ1n) is 7.15. The van der Waals surface area contributed by atoms with E-state index in [9.17, 15) is 0 Å². The van der Waals surface area contributed by atoms with Crippen molar-refractivity contribution in [1.29, 1.82) is 0 Å². The lowest BCUT2D eigenvalue weighted by Crippen LogP contribution is -2.29. The molecule has 1 fully saturated rings. The maximum absolute atomic E-state index is 4.00. The highest BCUT2D eigenvalue weighted by molar-refractivity contribution is 5.61. The molecule has 0 saturated carbocycles. The van der Waals surface area contributed by atoms with Crippen molar-refractivity contribution in [2.45, 2.75) is 38.3 Å². The molecular formula is C14H20N6. The van der Waals surface area contributed by atoms with Crippen LogP contribution in [0.5, 0.6) is 0 Å². The molecule has 1 aliphatic heterocycles. The van der Waals surface area contributed by atoms with E-state index in [2.05, 4.69) is 50.3 Å². The molecule has 106 valence electrons. The highest BCUT2D eigenvalue weighted by Gasteiger charge is 2.17. The zero-order valence-electron chi connectivity index (χ0n) is 11.6. The van der Waals surface area contributed by atoms with Gasteiger partial charge in [0.25, 0.3) is 0 Å². The number of anilines is 1. The summed E-state index contributed by atoms with van der Waals surface area (Å²) in [5, 5.41) is 21.2. The number of benzene rings is 1. The van der Waals surface area contributed by atoms with E-state index in [1.54, 1.807) is 0 Å². The first kappa shape index (κ1) is 13.1. The van der Waals surface area contributed by atoms with Gasteiger partial charge in [-0.1, -0.05) is 12.1 Å². The molecule has 0 radical (unpaired) electrons. The quantitative estimate of drug-likeness (QED) is 0.773. The molecule has 2 atom stereocenters. The minimum atomic E-state index is 0.436. The topological polar surface area (TPSA) is 78.5 Å². The SMILES string of the molecule is CC(CC1CCCN1)Nc1cccc(-c2nn[nH]n2)c1. The van der Waals surface area contributed by atoms with E-state index in [1.807, 2.05) is 12.1 Å². The molecule has 2 heterocycles. The molecule has 3 N–H and O–H groups in total. The monoisotopic (exact) mass is 272 g/mol. The van der Waals surface area contributed by atoms with Crippen molar-refractivity contribution in [3.8, 4) is 11.4 Å². The zero-order valence-corrected chi connectivity index (χ0v) is 11.6. The Hall–Kier alpha value is -1.95. The lowest BCUT2D eigenvalue weighted by atomic mass is 10.1. The lowest BCUT2D eigenvalue weighted by Gasteiger charge is -2.19. The van der Waals surface area contributed by atoms with Crippen LogP contribution >= 0.6 is 0 Å². The molecule has 0 amide bonds. The standard InChI is InChI=1S/C14H20N6/c1-10(8-12-6-3-7-15-12)16-13-5-2-4-11(9-13)14-17-19-20-18-14/h2,4-5,9-10,12,15-16H,3,6-8H2,1H3,(H,17,18,19,20). The van der Waals surface area contributed by atoms with Crippen molar-refractivity contribution in [3.63, 3.8) is 0 Å². The van der Waals surface area contributed by atoms with E-state index in [0.717, 1.165) is 24.2 Å². The summed E-state index contributed by atoms with van der Waals surface area (Å²) in [6, 6.07) is 9.21. The van der Waals surface area contributed by atoms with Gasteiger partial charge in [-0.2, -0.15) is 5.21 Å². The van der Waals surface area contributed by atoms with E-state index in [4.69, 9.17) is 0 Å². The molecule has 1 aromatic heterocycles. The number of hydrogen-bond acceptors (Lipinski definition) is 5.